The van der Waals surface area contributed by atoms with Crippen molar-refractivity contribution >= 4 is 18.3 Å². The molecule has 1 aromatic heterocycles. The van der Waals surface area contributed by atoms with Gasteiger partial charge in [-0.2, -0.15) is 5.10 Å². The number of piperidine rings is 1. The van der Waals surface area contributed by atoms with Crippen LogP contribution in [0.4, 0.5) is 0 Å². The van der Waals surface area contributed by atoms with Gasteiger partial charge >= 0.3 is 0 Å². The minimum Gasteiger partial charge on any atom is -0.491 e. The third-order valence-corrected chi connectivity index (χ3v) is 4.58. The molecule has 3 rings (SSSR count). The van der Waals surface area contributed by atoms with Crippen molar-refractivity contribution < 1.29 is 14.6 Å². The highest BCUT2D eigenvalue weighted by atomic mass is 35.5. The quantitative estimate of drug-likeness (QED) is 0.655. The van der Waals surface area contributed by atoms with Crippen molar-refractivity contribution in [2.24, 2.45) is 0 Å². The summed E-state index contributed by atoms with van der Waals surface area (Å²) in [6, 6.07) is 9.26. The molecule has 2 atom stereocenters. The molecule has 0 spiro atoms. The number of nitrogens with zero attached hydrogens (tertiary/aromatic N) is 2. The number of aromatic nitrogens is 2. The number of benzene rings is 1. The zero-order chi connectivity index (χ0) is 19.2. The number of carbonyl (C=O) groups excluding carboxylic acids is 1. The van der Waals surface area contributed by atoms with Crippen LogP contribution in [0.3, 0.4) is 0 Å². The lowest BCUT2D eigenvalue weighted by molar-refractivity contribution is 0.0910. The number of nitrogens with one attached hydrogen (secondary N) is 2. The average Bonchev–Trinajstić information content (AvgIpc) is 3.17. The van der Waals surface area contributed by atoms with Gasteiger partial charge in [-0.3, -0.25) is 9.48 Å². The summed E-state index contributed by atoms with van der Waals surface area (Å²) in [6.07, 6.45) is 3.33. The third kappa shape index (κ3) is 5.95. The van der Waals surface area contributed by atoms with Crippen molar-refractivity contribution in [2.75, 3.05) is 19.6 Å². The van der Waals surface area contributed by atoms with Gasteiger partial charge in [-0.15, -0.1) is 12.4 Å². The van der Waals surface area contributed by atoms with E-state index in [0.29, 0.717) is 5.69 Å². The highest BCUT2D eigenvalue weighted by Gasteiger charge is 2.18. The second-order valence-corrected chi connectivity index (χ2v) is 7.14. The number of ether oxygens (including phenoxy) is 1. The topological polar surface area (TPSA) is 88.4 Å². The van der Waals surface area contributed by atoms with Gasteiger partial charge in [0, 0.05) is 19.3 Å². The molecule has 28 heavy (non-hydrogen) atoms. The van der Waals surface area contributed by atoms with Gasteiger partial charge in [0.1, 0.15) is 11.4 Å². The molecule has 1 amide bonds. The molecule has 0 bridgehead atoms. The van der Waals surface area contributed by atoms with E-state index in [2.05, 4.69) is 15.7 Å². The van der Waals surface area contributed by atoms with Crippen LogP contribution in [0.2, 0.25) is 0 Å². The predicted molar refractivity (Wildman–Crippen MR) is 110 cm³/mol. The maximum atomic E-state index is 12.3. The van der Waals surface area contributed by atoms with Crippen molar-refractivity contribution in [3.05, 3.63) is 47.8 Å². The molecule has 1 aliphatic rings. The maximum Gasteiger partial charge on any atom is 0.271 e. The molecule has 154 valence electrons. The van der Waals surface area contributed by atoms with Crippen LogP contribution in [-0.4, -0.2) is 46.5 Å². The summed E-state index contributed by atoms with van der Waals surface area (Å²) in [6.45, 7) is 5.96. The molecule has 0 aliphatic carbocycles. The highest BCUT2D eigenvalue weighted by Crippen LogP contribution is 2.19. The number of carbonyl (C=O) groups is 1. The Morgan fingerprint density at radius 3 is 2.75 bits per heavy atom. The molecule has 1 aromatic carbocycles. The molecule has 2 aromatic rings. The molecule has 8 heteroatoms. The van der Waals surface area contributed by atoms with E-state index in [1.165, 1.54) is 0 Å². The summed E-state index contributed by atoms with van der Waals surface area (Å²) in [4.78, 5) is 12.3. The minimum absolute atomic E-state index is 0. The van der Waals surface area contributed by atoms with Crippen molar-refractivity contribution in [2.45, 2.75) is 44.9 Å². The Balaban J connectivity index is 0.00000280. The Kier molecular flexibility index (Phi) is 8.29. The lowest BCUT2D eigenvalue weighted by Gasteiger charge is -2.22. The van der Waals surface area contributed by atoms with E-state index in [-0.39, 0.29) is 37.0 Å². The number of aliphatic hydroxyl groups is 1. The Morgan fingerprint density at radius 1 is 1.36 bits per heavy atom. The second-order valence-electron chi connectivity index (χ2n) is 7.14. The van der Waals surface area contributed by atoms with Crippen LogP contribution in [-0.2, 0) is 0 Å². The van der Waals surface area contributed by atoms with E-state index in [4.69, 9.17) is 4.74 Å². The summed E-state index contributed by atoms with van der Waals surface area (Å²) in [7, 11) is 0. The standard InChI is InChI=1S/C20H28N4O3.ClH/c1-14(2)27-17-7-5-15(6-8-17)19(25)13-22-20(26)18-9-11-24(23-18)16-4-3-10-21-12-16;/h5-9,11,14,16,19,21,25H,3-4,10,12-13H2,1-2H3,(H,22,26);1H. The van der Waals surface area contributed by atoms with Crippen LogP contribution in [0.1, 0.15) is 54.9 Å². The molecule has 0 radical (unpaired) electrons. The van der Waals surface area contributed by atoms with Gasteiger partial charge < -0.3 is 20.5 Å². The molecular formula is C20H29ClN4O3. The number of amides is 1. The number of rotatable bonds is 7. The molecule has 1 aliphatic heterocycles. The van der Waals surface area contributed by atoms with Gasteiger partial charge in [-0.1, -0.05) is 12.1 Å². The monoisotopic (exact) mass is 408 g/mol. The molecule has 1 fully saturated rings. The number of hydrogen-bond donors (Lipinski definition) is 3. The van der Waals surface area contributed by atoms with Crippen molar-refractivity contribution in [3.63, 3.8) is 0 Å². The van der Waals surface area contributed by atoms with Gasteiger partial charge in [-0.05, 0) is 57.0 Å². The van der Waals surface area contributed by atoms with Crippen LogP contribution in [0, 0.1) is 0 Å². The van der Waals surface area contributed by atoms with Gasteiger partial charge in [-0.25, -0.2) is 0 Å². The first kappa shape index (κ1) is 22.2. The zero-order valence-electron chi connectivity index (χ0n) is 16.3. The Hall–Kier alpha value is -2.09. The van der Waals surface area contributed by atoms with Gasteiger partial charge in [0.05, 0.1) is 18.2 Å². The lowest BCUT2D eigenvalue weighted by atomic mass is 10.1. The van der Waals surface area contributed by atoms with E-state index in [1.807, 2.05) is 36.9 Å². The van der Waals surface area contributed by atoms with Crippen molar-refractivity contribution in [3.8, 4) is 5.75 Å². The normalized spacial score (nSPS) is 17.6. The molecule has 0 saturated carbocycles. The molecule has 2 unspecified atom stereocenters. The number of halogens is 1. The Morgan fingerprint density at radius 2 is 2.11 bits per heavy atom. The fourth-order valence-corrected chi connectivity index (χ4v) is 3.16. The van der Waals surface area contributed by atoms with Crippen molar-refractivity contribution in [1.82, 2.24) is 20.4 Å². The molecular weight excluding hydrogens is 380 g/mol. The predicted octanol–water partition coefficient (Wildman–Crippen LogP) is 2.48. The first-order chi connectivity index (χ1) is 13.0. The van der Waals surface area contributed by atoms with Crippen LogP contribution in [0.5, 0.6) is 5.75 Å². The Bertz CT molecular complexity index is 742. The number of hydrogen-bond acceptors (Lipinski definition) is 5. The first-order valence-corrected chi connectivity index (χ1v) is 9.51. The van der Waals surface area contributed by atoms with Crippen LogP contribution in [0.25, 0.3) is 0 Å². The summed E-state index contributed by atoms with van der Waals surface area (Å²) < 4.78 is 7.44. The molecule has 1 saturated heterocycles. The average molecular weight is 409 g/mol. The maximum absolute atomic E-state index is 12.3. The van der Waals surface area contributed by atoms with Gasteiger partial charge in [0.25, 0.3) is 5.91 Å². The largest absolute Gasteiger partial charge is 0.491 e. The smallest absolute Gasteiger partial charge is 0.271 e. The van der Waals surface area contributed by atoms with Crippen LogP contribution >= 0.6 is 12.4 Å². The summed E-state index contributed by atoms with van der Waals surface area (Å²) >= 11 is 0. The zero-order valence-corrected chi connectivity index (χ0v) is 17.1. The SMILES string of the molecule is CC(C)Oc1ccc(C(O)CNC(=O)c2ccn(C3CCCNC3)n2)cc1.Cl. The fourth-order valence-electron chi connectivity index (χ4n) is 3.16. The Labute approximate surface area is 171 Å². The second kappa shape index (κ2) is 10.5. The summed E-state index contributed by atoms with van der Waals surface area (Å²) in [5.74, 6) is 0.476. The molecule has 3 N–H and O–H groups in total. The summed E-state index contributed by atoms with van der Waals surface area (Å²) in [5.41, 5.74) is 1.10. The van der Waals surface area contributed by atoms with E-state index in [9.17, 15) is 9.90 Å². The minimum atomic E-state index is -0.785. The molecule has 7 nitrogen and oxygen atoms in total. The van der Waals surface area contributed by atoms with Crippen molar-refractivity contribution in [1.29, 1.82) is 0 Å². The van der Waals surface area contributed by atoms with E-state index in [1.54, 1.807) is 18.2 Å². The summed E-state index contributed by atoms with van der Waals surface area (Å²) in [5, 5.41) is 20.8. The van der Waals surface area contributed by atoms with E-state index < -0.39 is 6.10 Å². The van der Waals surface area contributed by atoms with Gasteiger partial charge in [0.15, 0.2) is 0 Å². The van der Waals surface area contributed by atoms with E-state index in [0.717, 1.165) is 37.2 Å². The third-order valence-electron chi connectivity index (χ3n) is 4.58. The molecule has 2 heterocycles. The highest BCUT2D eigenvalue weighted by molar-refractivity contribution is 5.92. The number of aliphatic hydroxyl groups excluding tert-OH is 1. The lowest BCUT2D eigenvalue weighted by Crippen LogP contribution is -2.32. The van der Waals surface area contributed by atoms with Crippen LogP contribution < -0.4 is 15.4 Å². The first-order valence-electron chi connectivity index (χ1n) is 9.51. The fraction of sp³-hybridized carbons (Fsp3) is 0.500. The van der Waals surface area contributed by atoms with Gasteiger partial charge in [0.2, 0.25) is 0 Å². The van der Waals surface area contributed by atoms with E-state index >= 15 is 0 Å². The van der Waals surface area contributed by atoms with Crippen LogP contribution in [0.15, 0.2) is 36.5 Å².